The first-order chi connectivity index (χ1) is 13.3. The van der Waals surface area contributed by atoms with Gasteiger partial charge in [0.25, 0.3) is 5.56 Å². The van der Waals surface area contributed by atoms with E-state index >= 15 is 0 Å². The van der Waals surface area contributed by atoms with Gasteiger partial charge in [-0.2, -0.15) is 0 Å². The molecule has 0 aliphatic heterocycles. The van der Waals surface area contributed by atoms with E-state index in [4.69, 9.17) is 14.5 Å². The molecule has 2 heterocycles. The zero-order chi connectivity index (χ0) is 20.6. The number of benzene rings is 1. The molecule has 150 valence electrons. The molecule has 0 N–H and O–H groups in total. The van der Waals surface area contributed by atoms with Crippen LogP contribution >= 0.6 is 23.1 Å². The molecule has 28 heavy (non-hydrogen) atoms. The first-order valence-electron chi connectivity index (χ1n) is 9.15. The quantitative estimate of drug-likeness (QED) is 0.403. The molecule has 0 aliphatic rings. The molecule has 7 heteroatoms. The lowest BCUT2D eigenvalue weighted by molar-refractivity contribution is 0.354. The van der Waals surface area contributed by atoms with E-state index in [2.05, 4.69) is 6.92 Å². The number of methoxy groups -OCH3 is 2. The fraction of sp³-hybridized carbons (Fsp3) is 0.429. The molecule has 0 unspecified atom stereocenters. The Bertz CT molecular complexity index is 1080. The number of hydrogen-bond acceptors (Lipinski definition) is 6. The minimum Gasteiger partial charge on any atom is -0.493 e. The van der Waals surface area contributed by atoms with Gasteiger partial charge in [0.2, 0.25) is 0 Å². The molecule has 0 atom stereocenters. The summed E-state index contributed by atoms with van der Waals surface area (Å²) in [5, 5.41) is 1.51. The molecule has 0 aliphatic carbocycles. The van der Waals surface area contributed by atoms with Crippen LogP contribution in [0.15, 0.2) is 22.1 Å². The molecule has 0 radical (unpaired) electrons. The average Bonchev–Trinajstić information content (AvgIpc) is 2.94. The fourth-order valence-corrected chi connectivity index (χ4v) is 5.43. The third-order valence-corrected chi connectivity index (χ3v) is 7.02. The Morgan fingerprint density at radius 2 is 1.79 bits per heavy atom. The molecule has 2 aromatic heterocycles. The number of hydrogen-bond donors (Lipinski definition) is 0. The van der Waals surface area contributed by atoms with Crippen LogP contribution < -0.4 is 15.0 Å². The predicted molar refractivity (Wildman–Crippen MR) is 118 cm³/mol. The van der Waals surface area contributed by atoms with Crippen molar-refractivity contribution in [3.05, 3.63) is 44.1 Å². The van der Waals surface area contributed by atoms with Crippen LogP contribution in [0, 0.1) is 20.8 Å². The van der Waals surface area contributed by atoms with Gasteiger partial charge < -0.3 is 9.47 Å². The van der Waals surface area contributed by atoms with E-state index in [1.807, 2.05) is 44.4 Å². The lowest BCUT2D eigenvalue weighted by Crippen LogP contribution is -2.24. The van der Waals surface area contributed by atoms with Crippen LogP contribution in [0.2, 0.25) is 0 Å². The Morgan fingerprint density at radius 1 is 1.14 bits per heavy atom. The van der Waals surface area contributed by atoms with Crippen LogP contribution in [-0.4, -0.2) is 23.8 Å². The van der Waals surface area contributed by atoms with E-state index in [9.17, 15) is 4.79 Å². The summed E-state index contributed by atoms with van der Waals surface area (Å²) in [5.74, 6) is 2.12. The molecule has 1 aromatic carbocycles. The molecule has 0 fully saturated rings. The zero-order valence-corrected chi connectivity index (χ0v) is 19.0. The van der Waals surface area contributed by atoms with Crippen molar-refractivity contribution in [3.63, 3.8) is 0 Å². The second-order valence-electron chi connectivity index (χ2n) is 7.05. The number of thioether (sulfide) groups is 1. The Kier molecular flexibility index (Phi) is 6.05. The van der Waals surface area contributed by atoms with Gasteiger partial charge in [0, 0.05) is 16.7 Å². The average molecular weight is 419 g/mol. The SMILES string of the molecule is COc1cc(C)c(CSc2nc3sc(C)c(C)c3c(=O)n2C(C)C)cc1OC. The highest BCUT2D eigenvalue weighted by Gasteiger charge is 2.19. The lowest BCUT2D eigenvalue weighted by atomic mass is 10.1. The Labute approximate surface area is 173 Å². The summed E-state index contributed by atoms with van der Waals surface area (Å²) in [5.41, 5.74) is 3.34. The Hall–Kier alpha value is -1.99. The van der Waals surface area contributed by atoms with Crippen LogP contribution in [-0.2, 0) is 5.75 Å². The van der Waals surface area contributed by atoms with E-state index in [0.29, 0.717) is 11.5 Å². The van der Waals surface area contributed by atoms with Gasteiger partial charge in [-0.25, -0.2) is 4.98 Å². The molecule has 0 amide bonds. The summed E-state index contributed by atoms with van der Waals surface area (Å²) < 4.78 is 12.6. The number of fused-ring (bicyclic) bond motifs is 1. The number of nitrogens with zero attached hydrogens (tertiary/aromatic N) is 2. The molecule has 5 nitrogen and oxygen atoms in total. The summed E-state index contributed by atoms with van der Waals surface area (Å²) in [4.78, 5) is 20.0. The second kappa shape index (κ2) is 8.17. The first kappa shape index (κ1) is 20.7. The summed E-state index contributed by atoms with van der Waals surface area (Å²) in [6.45, 7) is 10.1. The highest BCUT2D eigenvalue weighted by atomic mass is 32.2. The van der Waals surface area contributed by atoms with E-state index in [-0.39, 0.29) is 11.6 Å². The maximum absolute atomic E-state index is 13.2. The second-order valence-corrected chi connectivity index (χ2v) is 9.19. The van der Waals surface area contributed by atoms with Crippen molar-refractivity contribution in [2.45, 2.75) is 51.6 Å². The highest BCUT2D eigenvalue weighted by molar-refractivity contribution is 7.98. The van der Waals surface area contributed by atoms with Gasteiger partial charge in [0.1, 0.15) is 4.83 Å². The van der Waals surface area contributed by atoms with Crippen molar-refractivity contribution >= 4 is 33.3 Å². The van der Waals surface area contributed by atoms with Crippen molar-refractivity contribution < 1.29 is 9.47 Å². The minimum absolute atomic E-state index is 0.0398. The minimum atomic E-state index is 0.0398. The van der Waals surface area contributed by atoms with E-state index in [1.54, 1.807) is 37.3 Å². The van der Waals surface area contributed by atoms with E-state index in [1.165, 1.54) is 0 Å². The number of ether oxygens (including phenoxy) is 2. The van der Waals surface area contributed by atoms with Crippen LogP contribution in [0.1, 0.15) is 41.5 Å². The largest absolute Gasteiger partial charge is 0.493 e. The number of aromatic nitrogens is 2. The smallest absolute Gasteiger partial charge is 0.263 e. The van der Waals surface area contributed by atoms with Crippen LogP contribution in [0.25, 0.3) is 10.2 Å². The first-order valence-corrected chi connectivity index (χ1v) is 10.9. The summed E-state index contributed by atoms with van der Waals surface area (Å²) in [6, 6.07) is 4.02. The van der Waals surface area contributed by atoms with E-state index < -0.39 is 0 Å². The van der Waals surface area contributed by atoms with Crippen molar-refractivity contribution in [1.29, 1.82) is 0 Å². The molecule has 0 saturated carbocycles. The number of rotatable bonds is 6. The fourth-order valence-electron chi connectivity index (χ4n) is 3.17. The summed E-state index contributed by atoms with van der Waals surface area (Å²) in [7, 11) is 3.27. The predicted octanol–water partition coefficient (Wildman–Crippen LogP) is 5.27. The van der Waals surface area contributed by atoms with Crippen LogP contribution in [0.4, 0.5) is 0 Å². The highest BCUT2D eigenvalue weighted by Crippen LogP contribution is 2.34. The van der Waals surface area contributed by atoms with Gasteiger partial charge in [-0.3, -0.25) is 9.36 Å². The van der Waals surface area contributed by atoms with Crippen molar-refractivity contribution in [2.24, 2.45) is 0 Å². The van der Waals surface area contributed by atoms with Crippen molar-refractivity contribution in [2.75, 3.05) is 14.2 Å². The molecule has 0 bridgehead atoms. The third kappa shape index (κ3) is 3.65. The monoisotopic (exact) mass is 418 g/mol. The number of thiophene rings is 1. The molecular weight excluding hydrogens is 392 g/mol. The van der Waals surface area contributed by atoms with Crippen molar-refractivity contribution in [3.8, 4) is 11.5 Å². The molecule has 3 aromatic rings. The normalized spacial score (nSPS) is 11.4. The van der Waals surface area contributed by atoms with Crippen molar-refractivity contribution in [1.82, 2.24) is 9.55 Å². The van der Waals surface area contributed by atoms with Gasteiger partial charge in [-0.15, -0.1) is 11.3 Å². The zero-order valence-electron chi connectivity index (χ0n) is 17.4. The Morgan fingerprint density at radius 3 is 2.39 bits per heavy atom. The standard InChI is InChI=1S/C21H26N2O3S2/c1-11(2)23-20(24)18-13(4)14(5)28-19(18)22-21(23)27-10-15-9-17(26-7)16(25-6)8-12(15)3/h8-9,11H,10H2,1-7H3. The maximum Gasteiger partial charge on any atom is 0.263 e. The lowest BCUT2D eigenvalue weighted by Gasteiger charge is -2.16. The van der Waals surface area contributed by atoms with Gasteiger partial charge >= 0.3 is 0 Å². The molecule has 3 rings (SSSR count). The van der Waals surface area contributed by atoms with Gasteiger partial charge in [0.15, 0.2) is 16.7 Å². The van der Waals surface area contributed by atoms with Gasteiger partial charge in [0.05, 0.1) is 19.6 Å². The maximum atomic E-state index is 13.2. The van der Waals surface area contributed by atoms with Gasteiger partial charge in [-0.1, -0.05) is 11.8 Å². The van der Waals surface area contributed by atoms with Gasteiger partial charge in [-0.05, 0) is 63.4 Å². The molecule has 0 saturated heterocycles. The van der Waals surface area contributed by atoms with Crippen LogP contribution in [0.5, 0.6) is 11.5 Å². The van der Waals surface area contributed by atoms with Crippen LogP contribution in [0.3, 0.4) is 0 Å². The Balaban J connectivity index is 2.03. The van der Waals surface area contributed by atoms with E-state index in [0.717, 1.165) is 42.7 Å². The summed E-state index contributed by atoms with van der Waals surface area (Å²) in [6.07, 6.45) is 0. The number of aryl methyl sites for hydroxylation is 3. The third-order valence-electron chi connectivity index (χ3n) is 4.92. The topological polar surface area (TPSA) is 53.3 Å². The summed E-state index contributed by atoms with van der Waals surface area (Å²) >= 11 is 3.17. The molecule has 0 spiro atoms. The molecular formula is C21H26N2O3S2.